The molecule has 0 aliphatic carbocycles. The van der Waals surface area contributed by atoms with Crippen molar-refractivity contribution in [3.63, 3.8) is 0 Å². The summed E-state index contributed by atoms with van der Waals surface area (Å²) in [6.45, 7) is 2.01. The van der Waals surface area contributed by atoms with Gasteiger partial charge in [0.15, 0.2) is 0 Å². The van der Waals surface area contributed by atoms with Gasteiger partial charge in [0.25, 0.3) is 0 Å². The van der Waals surface area contributed by atoms with Crippen molar-refractivity contribution in [1.29, 1.82) is 0 Å². The first kappa shape index (κ1) is 20.5. The fourth-order valence-corrected chi connectivity index (χ4v) is 4.32. The number of thioether (sulfide) groups is 2. The number of aryl methyl sites for hydroxylation is 1. The first-order chi connectivity index (χ1) is 13.6. The van der Waals surface area contributed by atoms with Crippen LogP contribution >= 0.6 is 23.5 Å². The highest BCUT2D eigenvalue weighted by Crippen LogP contribution is 2.25. The summed E-state index contributed by atoms with van der Waals surface area (Å²) >= 11 is 3.31. The van der Waals surface area contributed by atoms with E-state index < -0.39 is 0 Å². The van der Waals surface area contributed by atoms with E-state index in [9.17, 15) is 9.18 Å². The molecule has 0 atom stereocenters. The Morgan fingerprint density at radius 2 is 1.64 bits per heavy atom. The molecule has 0 heterocycles. The molecule has 0 fully saturated rings. The first-order valence-corrected chi connectivity index (χ1v) is 11.1. The minimum absolute atomic E-state index is 0.0263. The zero-order valence-electron chi connectivity index (χ0n) is 15.7. The lowest BCUT2D eigenvalue weighted by atomic mass is 10.1. The van der Waals surface area contributed by atoms with Gasteiger partial charge in [-0.25, -0.2) is 4.39 Å². The van der Waals surface area contributed by atoms with Gasteiger partial charge in [0, 0.05) is 22.1 Å². The summed E-state index contributed by atoms with van der Waals surface area (Å²) in [5.74, 6) is 1.67. The van der Waals surface area contributed by atoms with Crippen LogP contribution in [0.1, 0.15) is 16.7 Å². The second-order valence-electron chi connectivity index (χ2n) is 6.42. The van der Waals surface area contributed by atoms with Crippen LogP contribution in [-0.4, -0.2) is 11.7 Å². The summed E-state index contributed by atoms with van der Waals surface area (Å²) in [6.07, 6.45) is 0. The molecule has 0 aliphatic rings. The number of hydrogen-bond donors (Lipinski definition) is 1. The summed E-state index contributed by atoms with van der Waals surface area (Å²) < 4.78 is 12.9. The SMILES string of the molecule is Cc1cc(CSc2ccccc2)ccc1NC(=O)CSCc1ccc(F)cc1. The van der Waals surface area contributed by atoms with Crippen LogP contribution in [0.25, 0.3) is 0 Å². The third-order valence-electron chi connectivity index (χ3n) is 4.13. The smallest absolute Gasteiger partial charge is 0.234 e. The number of amides is 1. The molecule has 5 heteroatoms. The standard InChI is InChI=1S/C23H22FNOS2/c1-17-13-19(15-28-21-5-3-2-4-6-21)9-12-22(17)25-23(26)16-27-14-18-7-10-20(24)11-8-18/h2-13H,14-16H2,1H3,(H,25,26). The molecule has 0 saturated carbocycles. The van der Waals surface area contributed by atoms with E-state index >= 15 is 0 Å². The highest BCUT2D eigenvalue weighted by molar-refractivity contribution is 7.99. The molecule has 3 aromatic carbocycles. The van der Waals surface area contributed by atoms with E-state index in [2.05, 4.69) is 29.6 Å². The number of carbonyl (C=O) groups is 1. The van der Waals surface area contributed by atoms with E-state index in [1.54, 1.807) is 23.9 Å². The molecule has 0 bridgehead atoms. The molecule has 1 amide bonds. The molecule has 0 spiro atoms. The van der Waals surface area contributed by atoms with Gasteiger partial charge in [-0.05, 0) is 53.9 Å². The Kier molecular flexibility index (Phi) is 7.57. The predicted molar refractivity (Wildman–Crippen MR) is 118 cm³/mol. The highest BCUT2D eigenvalue weighted by Gasteiger charge is 2.07. The Balaban J connectivity index is 1.46. The summed E-state index contributed by atoms with van der Waals surface area (Å²) in [6, 6.07) is 22.8. The summed E-state index contributed by atoms with van der Waals surface area (Å²) in [4.78, 5) is 13.5. The fraction of sp³-hybridized carbons (Fsp3) is 0.174. The molecule has 28 heavy (non-hydrogen) atoms. The van der Waals surface area contributed by atoms with E-state index in [0.717, 1.165) is 22.6 Å². The average molecular weight is 412 g/mol. The van der Waals surface area contributed by atoms with Gasteiger partial charge in [-0.2, -0.15) is 0 Å². The third kappa shape index (κ3) is 6.43. The van der Waals surface area contributed by atoms with Crippen molar-refractivity contribution in [2.75, 3.05) is 11.1 Å². The van der Waals surface area contributed by atoms with Crippen molar-refractivity contribution >= 4 is 35.1 Å². The lowest BCUT2D eigenvalue weighted by Gasteiger charge is -2.10. The number of benzene rings is 3. The fourth-order valence-electron chi connectivity index (χ4n) is 2.67. The lowest BCUT2D eigenvalue weighted by Crippen LogP contribution is -2.15. The van der Waals surface area contributed by atoms with Crippen LogP contribution in [0, 0.1) is 12.7 Å². The summed E-state index contributed by atoms with van der Waals surface area (Å²) in [5, 5.41) is 2.98. The minimum atomic E-state index is -0.243. The first-order valence-electron chi connectivity index (χ1n) is 8.99. The Hall–Kier alpha value is -2.24. The Morgan fingerprint density at radius 1 is 0.929 bits per heavy atom. The second-order valence-corrected chi connectivity index (χ2v) is 8.45. The van der Waals surface area contributed by atoms with Crippen LogP contribution < -0.4 is 5.32 Å². The Bertz CT molecular complexity index is 914. The van der Waals surface area contributed by atoms with Crippen molar-refractivity contribution in [1.82, 2.24) is 0 Å². The predicted octanol–water partition coefficient (Wildman–Crippen LogP) is 6.30. The maximum absolute atomic E-state index is 12.9. The Labute approximate surface area is 173 Å². The molecule has 1 N–H and O–H groups in total. The number of hydrogen-bond acceptors (Lipinski definition) is 3. The van der Waals surface area contributed by atoms with E-state index in [0.29, 0.717) is 11.5 Å². The van der Waals surface area contributed by atoms with Crippen LogP contribution in [0.15, 0.2) is 77.7 Å². The van der Waals surface area contributed by atoms with Gasteiger partial charge < -0.3 is 5.32 Å². The van der Waals surface area contributed by atoms with E-state index in [-0.39, 0.29) is 11.7 Å². The second kappa shape index (κ2) is 10.3. The van der Waals surface area contributed by atoms with Gasteiger partial charge in [0.1, 0.15) is 5.82 Å². The molecule has 144 valence electrons. The van der Waals surface area contributed by atoms with Crippen LogP contribution in [0.4, 0.5) is 10.1 Å². The molecular formula is C23H22FNOS2. The zero-order chi connectivity index (χ0) is 19.8. The van der Waals surface area contributed by atoms with Crippen molar-refractivity contribution in [2.24, 2.45) is 0 Å². The largest absolute Gasteiger partial charge is 0.325 e. The van der Waals surface area contributed by atoms with E-state index in [1.165, 1.54) is 34.4 Å². The Morgan fingerprint density at radius 3 is 2.36 bits per heavy atom. The quantitative estimate of drug-likeness (QED) is 0.441. The van der Waals surface area contributed by atoms with Gasteiger partial charge in [-0.15, -0.1) is 23.5 Å². The third-order valence-corrected chi connectivity index (χ3v) is 6.22. The number of carbonyl (C=O) groups excluding carboxylic acids is 1. The van der Waals surface area contributed by atoms with Crippen molar-refractivity contribution in [3.8, 4) is 0 Å². The van der Waals surface area contributed by atoms with Crippen LogP contribution in [0.2, 0.25) is 0 Å². The number of rotatable bonds is 8. The molecular weight excluding hydrogens is 389 g/mol. The zero-order valence-corrected chi connectivity index (χ0v) is 17.3. The van der Waals surface area contributed by atoms with Gasteiger partial charge in [0.05, 0.1) is 5.75 Å². The van der Waals surface area contributed by atoms with Gasteiger partial charge in [0.2, 0.25) is 5.91 Å². The van der Waals surface area contributed by atoms with Crippen LogP contribution in [0.3, 0.4) is 0 Å². The van der Waals surface area contributed by atoms with E-state index in [4.69, 9.17) is 0 Å². The molecule has 0 aromatic heterocycles. The lowest BCUT2D eigenvalue weighted by molar-refractivity contribution is -0.113. The van der Waals surface area contributed by atoms with Gasteiger partial charge in [-0.1, -0.05) is 42.5 Å². The molecule has 2 nitrogen and oxygen atoms in total. The van der Waals surface area contributed by atoms with E-state index in [1.807, 2.05) is 31.2 Å². The molecule has 0 aliphatic heterocycles. The number of halogens is 1. The maximum Gasteiger partial charge on any atom is 0.234 e. The van der Waals surface area contributed by atoms with Gasteiger partial charge >= 0.3 is 0 Å². The molecule has 0 saturated heterocycles. The molecule has 3 rings (SSSR count). The van der Waals surface area contributed by atoms with Crippen LogP contribution in [0.5, 0.6) is 0 Å². The van der Waals surface area contributed by atoms with Crippen LogP contribution in [-0.2, 0) is 16.3 Å². The minimum Gasteiger partial charge on any atom is -0.325 e. The molecule has 0 unspecified atom stereocenters. The topological polar surface area (TPSA) is 29.1 Å². The highest BCUT2D eigenvalue weighted by atomic mass is 32.2. The summed E-state index contributed by atoms with van der Waals surface area (Å²) in [7, 11) is 0. The normalized spacial score (nSPS) is 10.6. The summed E-state index contributed by atoms with van der Waals surface area (Å²) in [5.41, 5.74) is 4.15. The monoisotopic (exact) mass is 411 g/mol. The average Bonchev–Trinajstić information content (AvgIpc) is 2.70. The van der Waals surface area contributed by atoms with Crippen molar-refractivity contribution in [2.45, 2.75) is 23.3 Å². The van der Waals surface area contributed by atoms with Crippen molar-refractivity contribution < 1.29 is 9.18 Å². The molecule has 3 aromatic rings. The molecule has 0 radical (unpaired) electrons. The van der Waals surface area contributed by atoms with Crippen molar-refractivity contribution in [3.05, 3.63) is 95.3 Å². The number of anilines is 1. The van der Waals surface area contributed by atoms with Gasteiger partial charge in [-0.3, -0.25) is 4.79 Å². The number of nitrogens with one attached hydrogen (secondary N) is 1. The maximum atomic E-state index is 12.9.